The second-order valence-electron chi connectivity index (χ2n) is 5.04. The van der Waals surface area contributed by atoms with Gasteiger partial charge in [-0.25, -0.2) is 4.79 Å². The van der Waals surface area contributed by atoms with Crippen LogP contribution in [0.3, 0.4) is 0 Å². The average Bonchev–Trinajstić information content (AvgIpc) is 2.72. The van der Waals surface area contributed by atoms with Crippen molar-refractivity contribution in [3.05, 3.63) is 28.8 Å². The lowest BCUT2D eigenvalue weighted by atomic mass is 9.98. The van der Waals surface area contributed by atoms with Gasteiger partial charge in [-0.1, -0.05) is 31.4 Å². The third kappa shape index (κ3) is 2.96. The van der Waals surface area contributed by atoms with E-state index in [2.05, 4.69) is 12.2 Å². The Morgan fingerprint density at radius 2 is 2.28 bits per heavy atom. The predicted octanol–water partition coefficient (Wildman–Crippen LogP) is 3.89. The Morgan fingerprint density at radius 1 is 1.50 bits per heavy atom. The van der Waals surface area contributed by atoms with Gasteiger partial charge in [-0.05, 0) is 36.5 Å². The Balaban J connectivity index is 2.08. The van der Waals surface area contributed by atoms with E-state index >= 15 is 0 Å². The number of carboxylic acid groups (broad SMARTS) is 1. The molecular formula is C14H18ClNO2. The largest absolute Gasteiger partial charge is 0.478 e. The molecule has 0 radical (unpaired) electrons. The Bertz CT molecular complexity index is 447. The van der Waals surface area contributed by atoms with E-state index in [4.69, 9.17) is 16.7 Å². The van der Waals surface area contributed by atoms with Gasteiger partial charge in [0.1, 0.15) is 0 Å². The Labute approximate surface area is 112 Å². The van der Waals surface area contributed by atoms with Crippen molar-refractivity contribution in [2.75, 3.05) is 11.9 Å². The number of hydrogen-bond donors (Lipinski definition) is 2. The highest BCUT2D eigenvalue weighted by molar-refractivity contribution is 6.31. The van der Waals surface area contributed by atoms with Gasteiger partial charge in [-0.2, -0.15) is 0 Å². The molecule has 2 N–H and O–H groups in total. The SMILES string of the molecule is CC1CCCC1CNc1cc(Cl)ccc1C(=O)O. The summed E-state index contributed by atoms with van der Waals surface area (Å²) in [5.74, 6) is 0.421. The van der Waals surface area contributed by atoms with Crippen molar-refractivity contribution in [3.63, 3.8) is 0 Å². The normalized spacial score (nSPS) is 23.0. The molecule has 1 aliphatic carbocycles. The van der Waals surface area contributed by atoms with E-state index in [1.807, 2.05) is 0 Å². The molecule has 0 aliphatic heterocycles. The number of aromatic carboxylic acids is 1. The van der Waals surface area contributed by atoms with Crippen LogP contribution in [0.5, 0.6) is 0 Å². The van der Waals surface area contributed by atoms with Crippen LogP contribution in [0.2, 0.25) is 5.02 Å². The van der Waals surface area contributed by atoms with Crippen LogP contribution >= 0.6 is 11.6 Å². The highest BCUT2D eigenvalue weighted by Crippen LogP contribution is 2.31. The second kappa shape index (κ2) is 5.61. The van der Waals surface area contributed by atoms with Gasteiger partial charge in [-0.3, -0.25) is 0 Å². The molecule has 3 nitrogen and oxygen atoms in total. The summed E-state index contributed by atoms with van der Waals surface area (Å²) in [5.41, 5.74) is 0.902. The van der Waals surface area contributed by atoms with Gasteiger partial charge in [-0.15, -0.1) is 0 Å². The number of nitrogens with one attached hydrogen (secondary N) is 1. The highest BCUT2D eigenvalue weighted by Gasteiger charge is 2.23. The number of rotatable bonds is 4. The Hall–Kier alpha value is -1.22. The number of halogens is 1. The summed E-state index contributed by atoms with van der Waals surface area (Å²) in [5, 5.41) is 12.9. The molecule has 0 heterocycles. The third-order valence-electron chi connectivity index (χ3n) is 3.81. The molecule has 1 fully saturated rings. The molecule has 1 aromatic rings. The standard InChI is InChI=1S/C14H18ClNO2/c1-9-3-2-4-10(9)8-16-13-7-11(15)5-6-12(13)14(17)18/h5-7,9-10,16H,2-4,8H2,1H3,(H,17,18). The van der Waals surface area contributed by atoms with Crippen LogP contribution in [0.4, 0.5) is 5.69 Å². The Kier molecular flexibility index (Phi) is 4.12. The molecule has 0 amide bonds. The van der Waals surface area contributed by atoms with Gasteiger partial charge in [0.2, 0.25) is 0 Å². The fourth-order valence-electron chi connectivity index (χ4n) is 2.62. The van der Waals surface area contributed by atoms with Crippen LogP contribution in [0.1, 0.15) is 36.5 Å². The Morgan fingerprint density at radius 3 is 2.89 bits per heavy atom. The molecule has 2 atom stereocenters. The summed E-state index contributed by atoms with van der Waals surface area (Å²) in [6, 6.07) is 4.84. The monoisotopic (exact) mass is 267 g/mol. The van der Waals surface area contributed by atoms with Crippen molar-refractivity contribution < 1.29 is 9.90 Å². The summed E-state index contributed by atoms with van der Waals surface area (Å²) in [7, 11) is 0. The lowest BCUT2D eigenvalue weighted by Crippen LogP contribution is -2.17. The first-order chi connectivity index (χ1) is 8.58. The van der Waals surface area contributed by atoms with E-state index in [1.165, 1.54) is 19.3 Å². The molecule has 1 saturated carbocycles. The minimum atomic E-state index is -0.923. The maximum atomic E-state index is 11.1. The van der Waals surface area contributed by atoms with Crippen molar-refractivity contribution >= 4 is 23.3 Å². The zero-order valence-corrected chi connectivity index (χ0v) is 11.2. The summed E-state index contributed by atoms with van der Waals surface area (Å²) in [4.78, 5) is 11.1. The molecule has 1 aromatic carbocycles. The molecule has 2 unspecified atom stereocenters. The molecule has 2 rings (SSSR count). The molecule has 0 aromatic heterocycles. The lowest BCUT2D eigenvalue weighted by Gasteiger charge is -2.18. The molecule has 4 heteroatoms. The molecule has 18 heavy (non-hydrogen) atoms. The highest BCUT2D eigenvalue weighted by atomic mass is 35.5. The van der Waals surface area contributed by atoms with Gasteiger partial charge in [0, 0.05) is 11.6 Å². The fourth-order valence-corrected chi connectivity index (χ4v) is 2.79. The first-order valence-electron chi connectivity index (χ1n) is 6.34. The van der Waals surface area contributed by atoms with Crippen LogP contribution in [-0.2, 0) is 0 Å². The van der Waals surface area contributed by atoms with Crippen LogP contribution in [-0.4, -0.2) is 17.6 Å². The van der Waals surface area contributed by atoms with Crippen LogP contribution in [0, 0.1) is 11.8 Å². The molecule has 98 valence electrons. The smallest absolute Gasteiger partial charge is 0.337 e. The molecule has 0 bridgehead atoms. The summed E-state index contributed by atoms with van der Waals surface area (Å²) in [6.45, 7) is 3.08. The molecule has 0 saturated heterocycles. The third-order valence-corrected chi connectivity index (χ3v) is 4.04. The van der Waals surface area contributed by atoms with Crippen molar-refractivity contribution in [1.29, 1.82) is 0 Å². The van der Waals surface area contributed by atoms with E-state index in [0.29, 0.717) is 22.5 Å². The fraction of sp³-hybridized carbons (Fsp3) is 0.500. The second-order valence-corrected chi connectivity index (χ2v) is 5.48. The minimum absolute atomic E-state index is 0.282. The maximum absolute atomic E-state index is 11.1. The number of benzene rings is 1. The first kappa shape index (κ1) is 13.2. The number of carbonyl (C=O) groups is 1. The topological polar surface area (TPSA) is 49.3 Å². The minimum Gasteiger partial charge on any atom is -0.478 e. The quantitative estimate of drug-likeness (QED) is 0.870. The van der Waals surface area contributed by atoms with E-state index < -0.39 is 5.97 Å². The number of anilines is 1. The average molecular weight is 268 g/mol. The summed E-state index contributed by atoms with van der Waals surface area (Å²) < 4.78 is 0. The van der Waals surface area contributed by atoms with Crippen molar-refractivity contribution in [3.8, 4) is 0 Å². The van der Waals surface area contributed by atoms with E-state index in [1.54, 1.807) is 18.2 Å². The predicted molar refractivity (Wildman–Crippen MR) is 73.4 cm³/mol. The van der Waals surface area contributed by atoms with Gasteiger partial charge in [0.15, 0.2) is 0 Å². The molecule has 1 aliphatic rings. The molecular weight excluding hydrogens is 250 g/mol. The van der Waals surface area contributed by atoms with E-state index in [9.17, 15) is 4.79 Å². The van der Waals surface area contributed by atoms with Crippen LogP contribution < -0.4 is 5.32 Å². The summed E-state index contributed by atoms with van der Waals surface area (Å²) >= 11 is 5.91. The number of hydrogen-bond acceptors (Lipinski definition) is 2. The van der Waals surface area contributed by atoms with E-state index in [-0.39, 0.29) is 5.56 Å². The van der Waals surface area contributed by atoms with Crippen LogP contribution in [0.25, 0.3) is 0 Å². The van der Waals surface area contributed by atoms with E-state index in [0.717, 1.165) is 6.54 Å². The summed E-state index contributed by atoms with van der Waals surface area (Å²) in [6.07, 6.45) is 3.76. The van der Waals surface area contributed by atoms with Crippen molar-refractivity contribution in [2.45, 2.75) is 26.2 Å². The zero-order chi connectivity index (χ0) is 13.1. The van der Waals surface area contributed by atoms with Crippen LogP contribution in [0.15, 0.2) is 18.2 Å². The first-order valence-corrected chi connectivity index (χ1v) is 6.72. The number of carboxylic acids is 1. The lowest BCUT2D eigenvalue weighted by molar-refractivity contribution is 0.0698. The van der Waals surface area contributed by atoms with Gasteiger partial charge < -0.3 is 10.4 Å². The van der Waals surface area contributed by atoms with Gasteiger partial charge >= 0.3 is 5.97 Å². The zero-order valence-electron chi connectivity index (χ0n) is 10.4. The van der Waals surface area contributed by atoms with Gasteiger partial charge in [0.25, 0.3) is 0 Å². The van der Waals surface area contributed by atoms with Crippen molar-refractivity contribution in [1.82, 2.24) is 0 Å². The maximum Gasteiger partial charge on any atom is 0.337 e. The van der Waals surface area contributed by atoms with Crippen molar-refractivity contribution in [2.24, 2.45) is 11.8 Å². The van der Waals surface area contributed by atoms with Gasteiger partial charge in [0.05, 0.1) is 11.3 Å². The molecule has 0 spiro atoms.